The Hall–Kier alpha value is -2.63. The van der Waals surface area contributed by atoms with Gasteiger partial charge in [0.2, 0.25) is 0 Å². The first-order valence-electron chi connectivity index (χ1n) is 8.41. The third kappa shape index (κ3) is 7.96. The standard InChI is InChI=1S/C21H24O5/c1-23-20-11-9-19(10-12-20)16-25-17-21(22)26-14-6-5-13-24-15-18-7-3-2-4-8-18/h2-12H,13-17H2,1H3/b6-5+. The lowest BCUT2D eigenvalue weighted by Gasteiger charge is -2.05. The molecule has 0 unspecified atom stereocenters. The predicted molar refractivity (Wildman–Crippen MR) is 98.8 cm³/mol. The van der Waals surface area contributed by atoms with Crippen molar-refractivity contribution < 1.29 is 23.7 Å². The van der Waals surface area contributed by atoms with E-state index in [0.29, 0.717) is 19.8 Å². The Morgan fingerprint density at radius 2 is 1.50 bits per heavy atom. The van der Waals surface area contributed by atoms with Gasteiger partial charge in [0.15, 0.2) is 0 Å². The maximum atomic E-state index is 11.6. The van der Waals surface area contributed by atoms with Gasteiger partial charge in [-0.15, -0.1) is 0 Å². The van der Waals surface area contributed by atoms with Gasteiger partial charge < -0.3 is 18.9 Å². The van der Waals surface area contributed by atoms with Crippen LogP contribution >= 0.6 is 0 Å². The molecule has 0 N–H and O–H groups in total. The summed E-state index contributed by atoms with van der Waals surface area (Å²) in [4.78, 5) is 11.6. The molecule has 26 heavy (non-hydrogen) atoms. The summed E-state index contributed by atoms with van der Waals surface area (Å²) >= 11 is 0. The highest BCUT2D eigenvalue weighted by atomic mass is 16.6. The summed E-state index contributed by atoms with van der Waals surface area (Å²) in [5.41, 5.74) is 2.09. The molecule has 2 aromatic rings. The summed E-state index contributed by atoms with van der Waals surface area (Å²) in [5, 5.41) is 0. The van der Waals surface area contributed by atoms with Crippen molar-refractivity contribution in [3.63, 3.8) is 0 Å². The second-order valence-corrected chi connectivity index (χ2v) is 5.50. The highest BCUT2D eigenvalue weighted by Crippen LogP contribution is 2.11. The normalized spacial score (nSPS) is 10.8. The molecule has 0 fully saturated rings. The Labute approximate surface area is 154 Å². The van der Waals surface area contributed by atoms with Crippen LogP contribution in [0.3, 0.4) is 0 Å². The minimum Gasteiger partial charge on any atom is -0.497 e. The molecule has 0 aliphatic heterocycles. The third-order valence-corrected chi connectivity index (χ3v) is 3.48. The fourth-order valence-electron chi connectivity index (χ4n) is 2.11. The van der Waals surface area contributed by atoms with Crippen LogP contribution in [0.25, 0.3) is 0 Å². The van der Waals surface area contributed by atoms with E-state index in [1.54, 1.807) is 13.2 Å². The van der Waals surface area contributed by atoms with Gasteiger partial charge in [-0.3, -0.25) is 0 Å². The molecule has 0 amide bonds. The van der Waals surface area contributed by atoms with Gasteiger partial charge in [-0.05, 0) is 29.3 Å². The molecule has 0 radical (unpaired) electrons. The molecule has 0 aliphatic rings. The number of esters is 1. The maximum Gasteiger partial charge on any atom is 0.332 e. The first kappa shape index (κ1) is 19.7. The topological polar surface area (TPSA) is 54.0 Å². The zero-order chi connectivity index (χ0) is 18.5. The molecule has 0 spiro atoms. The fourth-order valence-corrected chi connectivity index (χ4v) is 2.11. The van der Waals surface area contributed by atoms with Crippen LogP contribution in [0.15, 0.2) is 66.7 Å². The highest BCUT2D eigenvalue weighted by Gasteiger charge is 2.02. The lowest BCUT2D eigenvalue weighted by molar-refractivity contribution is -0.148. The van der Waals surface area contributed by atoms with Gasteiger partial charge in [0.1, 0.15) is 19.0 Å². The van der Waals surface area contributed by atoms with Crippen molar-refractivity contribution in [1.82, 2.24) is 0 Å². The highest BCUT2D eigenvalue weighted by molar-refractivity contribution is 5.70. The van der Waals surface area contributed by atoms with Gasteiger partial charge >= 0.3 is 5.97 Å². The van der Waals surface area contributed by atoms with E-state index in [9.17, 15) is 4.79 Å². The largest absolute Gasteiger partial charge is 0.497 e. The average molecular weight is 356 g/mol. The van der Waals surface area contributed by atoms with Crippen LogP contribution < -0.4 is 4.74 Å². The van der Waals surface area contributed by atoms with Crippen LogP contribution in [0.5, 0.6) is 5.75 Å². The molecular weight excluding hydrogens is 332 g/mol. The van der Waals surface area contributed by atoms with Crippen molar-refractivity contribution in [2.75, 3.05) is 26.9 Å². The van der Waals surface area contributed by atoms with Crippen molar-refractivity contribution >= 4 is 5.97 Å². The molecule has 138 valence electrons. The molecular formula is C21H24O5. The van der Waals surface area contributed by atoms with E-state index in [1.165, 1.54) is 0 Å². The van der Waals surface area contributed by atoms with Crippen LogP contribution in [0, 0.1) is 0 Å². The number of ether oxygens (including phenoxy) is 4. The van der Waals surface area contributed by atoms with E-state index >= 15 is 0 Å². The van der Waals surface area contributed by atoms with Gasteiger partial charge in [0, 0.05) is 0 Å². The van der Waals surface area contributed by atoms with E-state index in [2.05, 4.69) is 0 Å². The first-order valence-corrected chi connectivity index (χ1v) is 8.41. The summed E-state index contributed by atoms with van der Waals surface area (Å²) in [6, 6.07) is 17.4. The van der Waals surface area contributed by atoms with E-state index < -0.39 is 5.97 Å². The van der Waals surface area contributed by atoms with Crippen LogP contribution in [0.1, 0.15) is 11.1 Å². The Kier molecular flexibility index (Phi) is 8.97. The SMILES string of the molecule is COc1ccc(COCC(=O)OC/C=C/COCc2ccccc2)cc1. The van der Waals surface area contributed by atoms with E-state index in [1.807, 2.05) is 60.7 Å². The molecule has 5 heteroatoms. The second kappa shape index (κ2) is 11.8. The predicted octanol–water partition coefficient (Wildman–Crippen LogP) is 3.53. The minimum absolute atomic E-state index is 0.0790. The Bertz CT molecular complexity index is 665. The molecule has 0 bridgehead atoms. The van der Waals surface area contributed by atoms with Crippen molar-refractivity contribution in [1.29, 1.82) is 0 Å². The van der Waals surface area contributed by atoms with Crippen LogP contribution in [0.2, 0.25) is 0 Å². The van der Waals surface area contributed by atoms with E-state index in [-0.39, 0.29) is 13.2 Å². The molecule has 0 heterocycles. The molecule has 2 aromatic carbocycles. The maximum absolute atomic E-state index is 11.6. The molecule has 0 aliphatic carbocycles. The summed E-state index contributed by atoms with van der Waals surface area (Å²) in [5.74, 6) is 0.390. The Morgan fingerprint density at radius 1 is 0.846 bits per heavy atom. The monoisotopic (exact) mass is 356 g/mol. The molecule has 2 rings (SSSR count). The quantitative estimate of drug-likeness (QED) is 0.350. The number of hydrogen-bond donors (Lipinski definition) is 0. The zero-order valence-electron chi connectivity index (χ0n) is 14.9. The zero-order valence-corrected chi connectivity index (χ0v) is 14.9. The number of carbonyl (C=O) groups excluding carboxylic acids is 1. The first-order chi connectivity index (χ1) is 12.8. The average Bonchev–Trinajstić information content (AvgIpc) is 2.68. The van der Waals surface area contributed by atoms with Gasteiger partial charge in [-0.1, -0.05) is 48.5 Å². The van der Waals surface area contributed by atoms with Crippen molar-refractivity contribution in [2.24, 2.45) is 0 Å². The van der Waals surface area contributed by atoms with E-state index in [0.717, 1.165) is 16.9 Å². The summed E-state index contributed by atoms with van der Waals surface area (Å²) in [6.07, 6.45) is 3.58. The summed E-state index contributed by atoms with van der Waals surface area (Å²) < 4.78 is 21.0. The number of rotatable bonds is 11. The number of hydrogen-bond acceptors (Lipinski definition) is 5. The molecule has 5 nitrogen and oxygen atoms in total. The van der Waals surface area contributed by atoms with Crippen molar-refractivity contribution in [3.8, 4) is 5.75 Å². The van der Waals surface area contributed by atoms with Crippen molar-refractivity contribution in [3.05, 3.63) is 77.9 Å². The number of carbonyl (C=O) groups is 1. The number of benzene rings is 2. The van der Waals surface area contributed by atoms with Crippen LogP contribution in [-0.2, 0) is 32.2 Å². The Morgan fingerprint density at radius 3 is 2.23 bits per heavy atom. The summed E-state index contributed by atoms with van der Waals surface area (Å²) in [6.45, 7) is 1.51. The van der Waals surface area contributed by atoms with Crippen LogP contribution in [0.4, 0.5) is 0 Å². The molecule has 0 atom stereocenters. The Balaban J connectivity index is 1.50. The second-order valence-electron chi connectivity index (χ2n) is 5.50. The van der Waals surface area contributed by atoms with Gasteiger partial charge in [-0.2, -0.15) is 0 Å². The smallest absolute Gasteiger partial charge is 0.332 e. The molecule has 0 aromatic heterocycles. The van der Waals surface area contributed by atoms with Gasteiger partial charge in [0.05, 0.1) is 26.9 Å². The lowest BCUT2D eigenvalue weighted by atomic mass is 10.2. The lowest BCUT2D eigenvalue weighted by Crippen LogP contribution is -2.12. The molecule has 0 saturated carbocycles. The number of methoxy groups -OCH3 is 1. The molecule has 0 saturated heterocycles. The van der Waals surface area contributed by atoms with Crippen LogP contribution in [-0.4, -0.2) is 32.9 Å². The van der Waals surface area contributed by atoms with Crippen molar-refractivity contribution in [2.45, 2.75) is 13.2 Å². The van der Waals surface area contributed by atoms with E-state index in [4.69, 9.17) is 18.9 Å². The van der Waals surface area contributed by atoms with Gasteiger partial charge in [-0.25, -0.2) is 4.79 Å². The third-order valence-electron chi connectivity index (χ3n) is 3.48. The fraction of sp³-hybridized carbons (Fsp3) is 0.286. The minimum atomic E-state index is -0.395. The van der Waals surface area contributed by atoms with Gasteiger partial charge in [0.25, 0.3) is 0 Å². The summed E-state index contributed by atoms with van der Waals surface area (Å²) in [7, 11) is 1.62.